The van der Waals surface area contributed by atoms with E-state index in [-0.39, 0.29) is 5.56 Å². The fraction of sp³-hybridized carbons (Fsp3) is 0.250. The molecule has 2 rings (SSSR count). The van der Waals surface area contributed by atoms with Crippen LogP contribution in [-0.2, 0) is 13.5 Å². The van der Waals surface area contributed by atoms with Crippen molar-refractivity contribution in [3.63, 3.8) is 0 Å². The number of hydrogen-bond acceptors (Lipinski definition) is 4. The molecule has 0 atom stereocenters. The number of rotatable bonds is 5. The molecule has 1 aromatic carbocycles. The summed E-state index contributed by atoms with van der Waals surface area (Å²) in [5.41, 5.74) is 1.10. The molecule has 19 heavy (non-hydrogen) atoms. The van der Waals surface area contributed by atoms with E-state index in [0.717, 1.165) is 16.0 Å². The van der Waals surface area contributed by atoms with Crippen molar-refractivity contribution in [2.45, 2.75) is 6.42 Å². The Bertz CT molecular complexity index is 597. The minimum Gasteiger partial charge on any atom is -0.478 e. The predicted octanol–water partition coefficient (Wildman–Crippen LogP) is 1.93. The number of halogens is 1. The molecule has 0 radical (unpaired) electrons. The number of nitrogens with zero attached hydrogens (tertiary/aromatic N) is 3. The molecule has 0 aliphatic carbocycles. The van der Waals surface area contributed by atoms with Crippen LogP contribution in [0.15, 0.2) is 29.0 Å². The summed E-state index contributed by atoms with van der Waals surface area (Å²) in [7, 11) is 1.82. The Morgan fingerprint density at radius 2 is 2.32 bits per heavy atom. The SMILES string of the molecule is Cn1cnc(CCNc2ccc(C(=O)O)cc2Br)n1. The van der Waals surface area contributed by atoms with Crippen LogP contribution in [0.4, 0.5) is 5.69 Å². The van der Waals surface area contributed by atoms with Gasteiger partial charge >= 0.3 is 5.97 Å². The lowest BCUT2D eigenvalue weighted by Crippen LogP contribution is -2.07. The number of aromatic nitrogens is 3. The van der Waals surface area contributed by atoms with E-state index in [9.17, 15) is 4.79 Å². The maximum absolute atomic E-state index is 10.8. The third-order valence-electron chi connectivity index (χ3n) is 2.53. The van der Waals surface area contributed by atoms with Gasteiger partial charge in [0.05, 0.1) is 5.56 Å². The Balaban J connectivity index is 1.94. The second-order valence-corrected chi connectivity index (χ2v) is 4.87. The summed E-state index contributed by atoms with van der Waals surface area (Å²) < 4.78 is 2.38. The zero-order valence-electron chi connectivity index (χ0n) is 10.3. The van der Waals surface area contributed by atoms with E-state index in [0.29, 0.717) is 13.0 Å². The highest BCUT2D eigenvalue weighted by atomic mass is 79.9. The van der Waals surface area contributed by atoms with Gasteiger partial charge in [0.25, 0.3) is 0 Å². The third-order valence-corrected chi connectivity index (χ3v) is 3.18. The van der Waals surface area contributed by atoms with Gasteiger partial charge in [0.1, 0.15) is 6.33 Å². The molecule has 2 aromatic rings. The van der Waals surface area contributed by atoms with Gasteiger partial charge in [-0.15, -0.1) is 0 Å². The molecule has 0 saturated carbocycles. The van der Waals surface area contributed by atoms with E-state index < -0.39 is 5.97 Å². The monoisotopic (exact) mass is 324 g/mol. The highest BCUT2D eigenvalue weighted by Crippen LogP contribution is 2.23. The van der Waals surface area contributed by atoms with Crippen molar-refractivity contribution in [1.29, 1.82) is 0 Å². The Hall–Kier alpha value is -1.89. The van der Waals surface area contributed by atoms with E-state index in [2.05, 4.69) is 31.3 Å². The highest BCUT2D eigenvalue weighted by molar-refractivity contribution is 9.10. The van der Waals surface area contributed by atoms with Gasteiger partial charge in [0, 0.05) is 30.2 Å². The van der Waals surface area contributed by atoms with Crippen molar-refractivity contribution in [2.75, 3.05) is 11.9 Å². The molecule has 0 unspecified atom stereocenters. The first-order valence-electron chi connectivity index (χ1n) is 5.67. The normalized spacial score (nSPS) is 10.4. The van der Waals surface area contributed by atoms with Crippen molar-refractivity contribution < 1.29 is 9.90 Å². The largest absolute Gasteiger partial charge is 0.478 e. The predicted molar refractivity (Wildman–Crippen MR) is 74.3 cm³/mol. The van der Waals surface area contributed by atoms with Crippen molar-refractivity contribution in [2.24, 2.45) is 7.05 Å². The van der Waals surface area contributed by atoms with E-state index in [1.807, 2.05) is 7.05 Å². The van der Waals surface area contributed by atoms with E-state index in [4.69, 9.17) is 5.11 Å². The van der Waals surface area contributed by atoms with Crippen LogP contribution < -0.4 is 5.32 Å². The fourth-order valence-electron chi connectivity index (χ4n) is 1.60. The Labute approximate surface area is 118 Å². The van der Waals surface area contributed by atoms with Crippen LogP contribution in [0.5, 0.6) is 0 Å². The summed E-state index contributed by atoms with van der Waals surface area (Å²) >= 11 is 3.34. The molecule has 0 saturated heterocycles. The number of nitrogens with one attached hydrogen (secondary N) is 1. The first-order chi connectivity index (χ1) is 9.06. The molecule has 100 valence electrons. The molecule has 0 amide bonds. The van der Waals surface area contributed by atoms with Crippen molar-refractivity contribution in [3.8, 4) is 0 Å². The number of carboxylic acid groups (broad SMARTS) is 1. The minimum atomic E-state index is -0.940. The van der Waals surface area contributed by atoms with Crippen LogP contribution in [0.2, 0.25) is 0 Å². The summed E-state index contributed by atoms with van der Waals surface area (Å²) in [6.07, 6.45) is 2.36. The summed E-state index contributed by atoms with van der Waals surface area (Å²) in [5, 5.41) is 16.3. The van der Waals surface area contributed by atoms with E-state index in [1.54, 1.807) is 29.2 Å². The standard InChI is InChI=1S/C12H13BrN4O2/c1-17-7-15-11(16-17)4-5-14-10-3-2-8(12(18)19)6-9(10)13/h2-3,6-7,14H,4-5H2,1H3,(H,18,19). The van der Waals surface area contributed by atoms with E-state index in [1.165, 1.54) is 0 Å². The van der Waals surface area contributed by atoms with Gasteiger partial charge in [0.15, 0.2) is 5.82 Å². The molecule has 0 bridgehead atoms. The average molecular weight is 325 g/mol. The fourth-order valence-corrected chi connectivity index (χ4v) is 2.12. The number of aromatic carboxylic acids is 1. The summed E-state index contributed by atoms with van der Waals surface area (Å²) in [5.74, 6) is -0.168. The lowest BCUT2D eigenvalue weighted by atomic mass is 10.2. The van der Waals surface area contributed by atoms with E-state index >= 15 is 0 Å². The maximum Gasteiger partial charge on any atom is 0.335 e. The number of hydrogen-bond donors (Lipinski definition) is 2. The van der Waals surface area contributed by atoms with Gasteiger partial charge in [-0.2, -0.15) is 5.10 Å². The molecule has 2 N–H and O–H groups in total. The number of carbonyl (C=O) groups is 1. The number of carboxylic acids is 1. The number of anilines is 1. The molecule has 0 spiro atoms. The minimum absolute atomic E-state index is 0.254. The molecule has 1 heterocycles. The molecule has 7 heteroatoms. The molecule has 0 aliphatic heterocycles. The molecular formula is C12H13BrN4O2. The molecule has 0 aliphatic rings. The Morgan fingerprint density at radius 3 is 2.89 bits per heavy atom. The first kappa shape index (κ1) is 13.5. The molecule has 0 fully saturated rings. The van der Waals surface area contributed by atoms with Crippen LogP contribution in [-0.4, -0.2) is 32.4 Å². The van der Waals surface area contributed by atoms with Crippen LogP contribution in [0.1, 0.15) is 16.2 Å². The molecule has 6 nitrogen and oxygen atoms in total. The topological polar surface area (TPSA) is 80.0 Å². The van der Waals surface area contributed by atoms with Crippen LogP contribution in [0, 0.1) is 0 Å². The third kappa shape index (κ3) is 3.54. The van der Waals surface area contributed by atoms with Gasteiger partial charge in [-0.1, -0.05) is 0 Å². The zero-order valence-corrected chi connectivity index (χ0v) is 11.9. The van der Waals surface area contributed by atoms with Gasteiger partial charge in [-0.25, -0.2) is 9.78 Å². The molecule has 1 aromatic heterocycles. The lowest BCUT2D eigenvalue weighted by molar-refractivity contribution is 0.0697. The lowest BCUT2D eigenvalue weighted by Gasteiger charge is -2.08. The average Bonchev–Trinajstić information content (AvgIpc) is 2.77. The van der Waals surface area contributed by atoms with Crippen molar-refractivity contribution in [1.82, 2.24) is 14.8 Å². The Morgan fingerprint density at radius 1 is 1.53 bits per heavy atom. The summed E-state index contributed by atoms with van der Waals surface area (Å²) in [6.45, 7) is 0.676. The van der Waals surface area contributed by atoms with Crippen LogP contribution in [0.25, 0.3) is 0 Å². The summed E-state index contributed by atoms with van der Waals surface area (Å²) in [4.78, 5) is 14.9. The zero-order chi connectivity index (χ0) is 13.8. The van der Waals surface area contributed by atoms with Gasteiger partial charge in [-0.05, 0) is 34.1 Å². The second kappa shape index (κ2) is 5.83. The van der Waals surface area contributed by atoms with Crippen molar-refractivity contribution in [3.05, 3.63) is 40.4 Å². The number of benzene rings is 1. The smallest absolute Gasteiger partial charge is 0.335 e. The maximum atomic E-state index is 10.8. The van der Waals surface area contributed by atoms with Gasteiger partial charge < -0.3 is 10.4 Å². The number of aryl methyl sites for hydroxylation is 1. The first-order valence-corrected chi connectivity index (χ1v) is 6.47. The van der Waals surface area contributed by atoms with Crippen LogP contribution in [0.3, 0.4) is 0 Å². The van der Waals surface area contributed by atoms with Gasteiger partial charge in [-0.3, -0.25) is 4.68 Å². The van der Waals surface area contributed by atoms with Crippen molar-refractivity contribution >= 4 is 27.6 Å². The quantitative estimate of drug-likeness (QED) is 0.878. The Kier molecular flexibility index (Phi) is 4.16. The second-order valence-electron chi connectivity index (χ2n) is 4.01. The molecular weight excluding hydrogens is 312 g/mol. The van der Waals surface area contributed by atoms with Crippen LogP contribution >= 0.6 is 15.9 Å². The highest BCUT2D eigenvalue weighted by Gasteiger charge is 2.06. The van der Waals surface area contributed by atoms with Gasteiger partial charge in [0.2, 0.25) is 0 Å². The summed E-state index contributed by atoms with van der Waals surface area (Å²) in [6, 6.07) is 4.87.